The Labute approximate surface area is 146 Å². The fourth-order valence-electron chi connectivity index (χ4n) is 5.71. The van der Waals surface area contributed by atoms with E-state index in [4.69, 9.17) is 0 Å². The summed E-state index contributed by atoms with van der Waals surface area (Å²) in [7, 11) is 0. The number of hydrogen-bond acceptors (Lipinski definition) is 2. The maximum atomic E-state index is 12.6. The van der Waals surface area contributed by atoms with Gasteiger partial charge >= 0.3 is 0 Å². The number of amides is 1. The zero-order valence-electron chi connectivity index (χ0n) is 14.0. The van der Waals surface area contributed by atoms with Crippen LogP contribution in [0.4, 0.5) is 0 Å². The van der Waals surface area contributed by atoms with E-state index in [9.17, 15) is 4.79 Å². The Kier molecular flexibility index (Phi) is 3.82. The number of aromatic nitrogens is 2. The van der Waals surface area contributed by atoms with Gasteiger partial charge in [-0.25, -0.2) is 0 Å². The van der Waals surface area contributed by atoms with Crippen LogP contribution in [-0.2, 0) is 4.79 Å². The van der Waals surface area contributed by atoms with E-state index >= 15 is 0 Å². The third kappa shape index (κ3) is 2.86. The number of carbonyl (C=O) groups is 1. The summed E-state index contributed by atoms with van der Waals surface area (Å²) in [5.74, 6) is 2.89. The predicted octanol–water partition coefficient (Wildman–Crippen LogP) is 3.85. The highest BCUT2D eigenvalue weighted by molar-refractivity contribution is 9.10. The van der Waals surface area contributed by atoms with Crippen molar-refractivity contribution in [3.8, 4) is 0 Å². The molecule has 23 heavy (non-hydrogen) atoms. The second-order valence-corrected chi connectivity index (χ2v) is 9.21. The monoisotopic (exact) mass is 379 g/mol. The summed E-state index contributed by atoms with van der Waals surface area (Å²) >= 11 is 3.47. The van der Waals surface area contributed by atoms with Crippen LogP contribution in [0, 0.1) is 30.1 Å². The summed E-state index contributed by atoms with van der Waals surface area (Å²) in [6.07, 6.45) is 10.2. The second-order valence-electron chi connectivity index (χ2n) is 8.35. The smallest absolute Gasteiger partial charge is 0.244 e. The summed E-state index contributed by atoms with van der Waals surface area (Å²) in [5, 5.41) is 7.67. The van der Waals surface area contributed by atoms with Crippen LogP contribution in [0.5, 0.6) is 0 Å². The predicted molar refractivity (Wildman–Crippen MR) is 93.0 cm³/mol. The SMILES string of the molecule is Cc1nn([C@H](C)C(=O)NCC23CC4CC(CC(C4)C2)C3)cc1Br. The van der Waals surface area contributed by atoms with Gasteiger partial charge in [-0.2, -0.15) is 5.10 Å². The van der Waals surface area contributed by atoms with Gasteiger partial charge in [0.25, 0.3) is 0 Å². The molecule has 1 heterocycles. The number of halogens is 1. The maximum Gasteiger partial charge on any atom is 0.244 e. The molecule has 0 radical (unpaired) electrons. The topological polar surface area (TPSA) is 46.9 Å². The van der Waals surface area contributed by atoms with E-state index in [0.717, 1.165) is 34.5 Å². The molecule has 4 aliphatic carbocycles. The Hall–Kier alpha value is -0.840. The quantitative estimate of drug-likeness (QED) is 0.863. The van der Waals surface area contributed by atoms with Crippen molar-refractivity contribution < 1.29 is 4.79 Å². The van der Waals surface area contributed by atoms with E-state index in [1.165, 1.54) is 38.5 Å². The molecule has 4 saturated carbocycles. The standard InChI is InChI=1S/C18H26BrN3O/c1-11-16(19)9-22(21-11)12(2)17(23)20-10-18-6-13-3-14(7-18)5-15(4-13)8-18/h9,12-15H,3-8,10H2,1-2H3,(H,20,23)/t12-,13?,14?,15?,18?/m1/s1. The van der Waals surface area contributed by atoms with Crippen molar-refractivity contribution in [1.29, 1.82) is 0 Å². The molecule has 4 fully saturated rings. The molecular formula is C18H26BrN3O. The third-order valence-electron chi connectivity index (χ3n) is 6.44. The highest BCUT2D eigenvalue weighted by Crippen LogP contribution is 2.59. The molecule has 0 aliphatic heterocycles. The molecule has 1 aromatic rings. The molecule has 4 aliphatic rings. The first kappa shape index (κ1) is 15.7. The molecule has 0 aromatic carbocycles. The van der Waals surface area contributed by atoms with Crippen LogP contribution < -0.4 is 5.32 Å². The number of hydrogen-bond donors (Lipinski definition) is 1. The van der Waals surface area contributed by atoms with Gasteiger partial charge in [0.05, 0.1) is 10.2 Å². The largest absolute Gasteiger partial charge is 0.354 e. The van der Waals surface area contributed by atoms with Crippen LogP contribution >= 0.6 is 15.9 Å². The van der Waals surface area contributed by atoms with E-state index in [1.807, 2.05) is 20.0 Å². The minimum Gasteiger partial charge on any atom is -0.354 e. The number of nitrogens with one attached hydrogen (secondary N) is 1. The summed E-state index contributed by atoms with van der Waals surface area (Å²) in [4.78, 5) is 12.6. The van der Waals surface area contributed by atoms with Gasteiger partial charge in [0, 0.05) is 12.7 Å². The van der Waals surface area contributed by atoms with Gasteiger partial charge in [-0.1, -0.05) is 0 Å². The van der Waals surface area contributed by atoms with Crippen molar-refractivity contribution >= 4 is 21.8 Å². The first-order chi connectivity index (χ1) is 10.9. The molecule has 1 amide bonds. The Morgan fingerprint density at radius 2 is 1.91 bits per heavy atom. The van der Waals surface area contributed by atoms with Crippen LogP contribution in [0.1, 0.15) is 57.2 Å². The van der Waals surface area contributed by atoms with E-state index in [2.05, 4.69) is 26.3 Å². The summed E-state index contributed by atoms with van der Waals surface area (Å²) in [5.41, 5.74) is 1.32. The van der Waals surface area contributed by atoms with E-state index in [0.29, 0.717) is 5.41 Å². The van der Waals surface area contributed by atoms with Crippen molar-refractivity contribution in [3.05, 3.63) is 16.4 Å². The van der Waals surface area contributed by atoms with Crippen molar-refractivity contribution in [1.82, 2.24) is 15.1 Å². The van der Waals surface area contributed by atoms with Crippen LogP contribution in [0.15, 0.2) is 10.7 Å². The van der Waals surface area contributed by atoms with Crippen molar-refractivity contribution in [2.24, 2.45) is 23.2 Å². The molecule has 1 atom stereocenters. The molecule has 5 rings (SSSR count). The first-order valence-electron chi connectivity index (χ1n) is 8.93. The van der Waals surface area contributed by atoms with Crippen LogP contribution in [0.3, 0.4) is 0 Å². The summed E-state index contributed by atoms with van der Waals surface area (Å²) < 4.78 is 2.72. The van der Waals surface area contributed by atoms with E-state index < -0.39 is 0 Å². The Bertz CT molecular complexity index is 569. The third-order valence-corrected chi connectivity index (χ3v) is 7.21. The minimum absolute atomic E-state index is 0.0933. The number of nitrogens with zero attached hydrogens (tertiary/aromatic N) is 2. The van der Waals surface area contributed by atoms with E-state index in [-0.39, 0.29) is 11.9 Å². The lowest BCUT2D eigenvalue weighted by Crippen LogP contribution is -2.51. The molecule has 1 N–H and O–H groups in total. The Balaban J connectivity index is 1.40. The van der Waals surface area contributed by atoms with Gasteiger partial charge in [-0.15, -0.1) is 0 Å². The zero-order chi connectivity index (χ0) is 16.2. The number of rotatable bonds is 4. The fraction of sp³-hybridized carbons (Fsp3) is 0.778. The van der Waals surface area contributed by atoms with Crippen LogP contribution in [0.25, 0.3) is 0 Å². The average molecular weight is 380 g/mol. The lowest BCUT2D eigenvalue weighted by atomic mass is 9.49. The van der Waals surface area contributed by atoms with Crippen molar-refractivity contribution in [3.63, 3.8) is 0 Å². The molecular weight excluding hydrogens is 354 g/mol. The zero-order valence-corrected chi connectivity index (χ0v) is 15.6. The molecule has 0 saturated heterocycles. The minimum atomic E-state index is -0.256. The van der Waals surface area contributed by atoms with Gasteiger partial charge in [-0.3, -0.25) is 9.48 Å². The van der Waals surface area contributed by atoms with Crippen molar-refractivity contribution in [2.75, 3.05) is 6.54 Å². The fourth-order valence-corrected chi connectivity index (χ4v) is 6.00. The van der Waals surface area contributed by atoms with Gasteiger partial charge < -0.3 is 5.32 Å². The highest BCUT2D eigenvalue weighted by Gasteiger charge is 2.50. The highest BCUT2D eigenvalue weighted by atomic mass is 79.9. The van der Waals surface area contributed by atoms with Gasteiger partial charge in [0.2, 0.25) is 5.91 Å². The van der Waals surface area contributed by atoms with Crippen LogP contribution in [0.2, 0.25) is 0 Å². The maximum absolute atomic E-state index is 12.6. The Morgan fingerprint density at radius 3 is 2.39 bits per heavy atom. The normalized spacial score (nSPS) is 36.2. The molecule has 0 unspecified atom stereocenters. The lowest BCUT2D eigenvalue weighted by Gasteiger charge is -2.57. The molecule has 0 spiro atoms. The van der Waals surface area contributed by atoms with Gasteiger partial charge in [-0.05, 0) is 91.5 Å². The van der Waals surface area contributed by atoms with Crippen molar-refractivity contribution in [2.45, 2.75) is 58.4 Å². The summed E-state index contributed by atoms with van der Waals surface area (Å²) in [6, 6.07) is -0.256. The molecule has 4 nitrogen and oxygen atoms in total. The van der Waals surface area contributed by atoms with Gasteiger partial charge in [0.1, 0.15) is 6.04 Å². The molecule has 1 aromatic heterocycles. The van der Waals surface area contributed by atoms with Gasteiger partial charge in [0.15, 0.2) is 0 Å². The lowest BCUT2D eigenvalue weighted by molar-refractivity contribution is -0.126. The second kappa shape index (κ2) is 5.61. The first-order valence-corrected chi connectivity index (χ1v) is 9.72. The van der Waals surface area contributed by atoms with Crippen LogP contribution in [-0.4, -0.2) is 22.2 Å². The summed E-state index contributed by atoms with van der Waals surface area (Å²) in [6.45, 7) is 4.73. The Morgan fingerprint density at radius 1 is 1.35 bits per heavy atom. The molecule has 4 bridgehead atoms. The number of carbonyl (C=O) groups excluding carboxylic acids is 1. The number of aryl methyl sites for hydroxylation is 1. The average Bonchev–Trinajstić information content (AvgIpc) is 2.82. The van der Waals surface area contributed by atoms with E-state index in [1.54, 1.807) is 4.68 Å². The molecule has 5 heteroatoms. The molecule has 126 valence electrons.